The molecular formula is C12H14O4. The highest BCUT2D eigenvalue weighted by Crippen LogP contribution is 2.20. The Balaban J connectivity index is 1.86. The van der Waals surface area contributed by atoms with E-state index in [1.807, 2.05) is 0 Å². The highest BCUT2D eigenvalue weighted by atomic mass is 16.6. The second-order valence-corrected chi connectivity index (χ2v) is 3.85. The van der Waals surface area contributed by atoms with Crippen molar-refractivity contribution in [2.45, 2.75) is 19.3 Å². The topological polar surface area (TPSA) is 59.7 Å². The highest BCUT2D eigenvalue weighted by Gasteiger charge is 2.12. The van der Waals surface area contributed by atoms with E-state index in [-0.39, 0.29) is 11.7 Å². The molecule has 1 N–H and O–H groups in total. The van der Waals surface area contributed by atoms with Gasteiger partial charge in [0.05, 0.1) is 6.61 Å². The predicted octanol–water partition coefficient (Wildman–Crippen LogP) is 2.71. The van der Waals surface area contributed by atoms with Crippen molar-refractivity contribution in [1.82, 2.24) is 0 Å². The first-order valence-electron chi connectivity index (χ1n) is 5.38. The molecule has 0 amide bonds. The first-order valence-corrected chi connectivity index (χ1v) is 5.38. The van der Waals surface area contributed by atoms with Crippen LogP contribution in [0.2, 0.25) is 0 Å². The Labute approximate surface area is 93.5 Å². The lowest BCUT2D eigenvalue weighted by molar-refractivity contribution is 0.0652. The second kappa shape index (κ2) is 4.88. The van der Waals surface area contributed by atoms with Gasteiger partial charge >= 0.3 is 5.97 Å². The first-order chi connectivity index (χ1) is 7.75. The van der Waals surface area contributed by atoms with Gasteiger partial charge in [-0.25, -0.2) is 4.79 Å². The number of aromatic carboxylic acids is 1. The fourth-order valence-electron chi connectivity index (χ4n) is 1.72. The van der Waals surface area contributed by atoms with E-state index >= 15 is 0 Å². The van der Waals surface area contributed by atoms with Crippen molar-refractivity contribution < 1.29 is 19.1 Å². The van der Waals surface area contributed by atoms with Crippen molar-refractivity contribution >= 4 is 5.97 Å². The number of hydrogen-bond donors (Lipinski definition) is 1. The number of carboxylic acids is 1. The minimum absolute atomic E-state index is 0.0887. The van der Waals surface area contributed by atoms with Gasteiger partial charge in [0.15, 0.2) is 0 Å². The third kappa shape index (κ3) is 2.66. The molecule has 0 aromatic carbocycles. The zero-order chi connectivity index (χ0) is 11.4. The second-order valence-electron chi connectivity index (χ2n) is 3.85. The number of hydrogen-bond acceptors (Lipinski definition) is 3. The summed E-state index contributed by atoms with van der Waals surface area (Å²) in [5, 5.41) is 8.65. The smallest absolute Gasteiger partial charge is 0.371 e. The van der Waals surface area contributed by atoms with Crippen LogP contribution < -0.4 is 4.74 Å². The molecule has 0 saturated carbocycles. The number of furan rings is 1. The number of ether oxygens (including phenoxy) is 1. The number of carbonyl (C=O) groups is 1. The van der Waals surface area contributed by atoms with E-state index in [0.29, 0.717) is 12.5 Å². The molecule has 1 aromatic rings. The summed E-state index contributed by atoms with van der Waals surface area (Å²) >= 11 is 0. The van der Waals surface area contributed by atoms with Crippen LogP contribution in [0.15, 0.2) is 28.7 Å². The van der Waals surface area contributed by atoms with Crippen LogP contribution in [0.25, 0.3) is 0 Å². The number of rotatable bonds is 4. The SMILES string of the molecule is O=C(O)c1ccc(OCC2C=CCCC2)o1. The third-order valence-electron chi connectivity index (χ3n) is 2.59. The van der Waals surface area contributed by atoms with Gasteiger partial charge in [0, 0.05) is 12.0 Å². The molecule has 0 spiro atoms. The van der Waals surface area contributed by atoms with E-state index in [0.717, 1.165) is 12.8 Å². The van der Waals surface area contributed by atoms with Gasteiger partial charge < -0.3 is 14.3 Å². The monoisotopic (exact) mass is 222 g/mol. The molecule has 1 aromatic heterocycles. The lowest BCUT2D eigenvalue weighted by atomic mass is 9.97. The average Bonchev–Trinajstić information content (AvgIpc) is 2.76. The lowest BCUT2D eigenvalue weighted by Crippen LogP contribution is -2.11. The van der Waals surface area contributed by atoms with Gasteiger partial charge in [-0.1, -0.05) is 12.2 Å². The molecule has 0 aliphatic heterocycles. The molecule has 1 aliphatic rings. The molecule has 0 bridgehead atoms. The Kier molecular flexibility index (Phi) is 3.29. The highest BCUT2D eigenvalue weighted by molar-refractivity contribution is 5.84. The summed E-state index contributed by atoms with van der Waals surface area (Å²) in [6.45, 7) is 0.545. The Morgan fingerprint density at radius 1 is 1.56 bits per heavy atom. The first kappa shape index (κ1) is 10.8. The van der Waals surface area contributed by atoms with Gasteiger partial charge in [-0.2, -0.15) is 0 Å². The molecule has 1 aliphatic carbocycles. The summed E-state index contributed by atoms with van der Waals surface area (Å²) in [6, 6.07) is 2.93. The maximum absolute atomic E-state index is 10.6. The van der Waals surface area contributed by atoms with Gasteiger partial charge in [0.25, 0.3) is 5.95 Å². The molecule has 86 valence electrons. The van der Waals surface area contributed by atoms with E-state index in [9.17, 15) is 4.79 Å². The van der Waals surface area contributed by atoms with E-state index in [1.54, 1.807) is 0 Å². The molecule has 1 atom stereocenters. The number of allylic oxidation sites excluding steroid dienone is 1. The predicted molar refractivity (Wildman–Crippen MR) is 57.6 cm³/mol. The van der Waals surface area contributed by atoms with Crippen LogP contribution in [-0.4, -0.2) is 17.7 Å². The normalized spacial score (nSPS) is 19.6. The standard InChI is InChI=1S/C12H14O4/c13-12(14)10-6-7-11(16-10)15-8-9-4-2-1-3-5-9/h2,4,6-7,9H,1,3,5,8H2,(H,13,14). The largest absolute Gasteiger partial charge is 0.475 e. The molecule has 1 heterocycles. The van der Waals surface area contributed by atoms with Gasteiger partial charge in [-0.05, 0) is 25.3 Å². The lowest BCUT2D eigenvalue weighted by Gasteiger charge is -2.15. The van der Waals surface area contributed by atoms with E-state index in [2.05, 4.69) is 12.2 Å². The van der Waals surface area contributed by atoms with Crippen LogP contribution in [0.5, 0.6) is 5.95 Å². The van der Waals surface area contributed by atoms with Crippen LogP contribution in [0, 0.1) is 5.92 Å². The van der Waals surface area contributed by atoms with Crippen molar-refractivity contribution in [1.29, 1.82) is 0 Å². The molecule has 1 unspecified atom stereocenters. The van der Waals surface area contributed by atoms with Crippen LogP contribution in [0.3, 0.4) is 0 Å². The molecule has 0 radical (unpaired) electrons. The molecule has 0 saturated heterocycles. The Morgan fingerprint density at radius 3 is 3.06 bits per heavy atom. The third-order valence-corrected chi connectivity index (χ3v) is 2.59. The molecule has 4 nitrogen and oxygen atoms in total. The van der Waals surface area contributed by atoms with Gasteiger partial charge in [0.1, 0.15) is 0 Å². The Bertz CT molecular complexity index is 391. The quantitative estimate of drug-likeness (QED) is 0.796. The maximum atomic E-state index is 10.6. The van der Waals surface area contributed by atoms with Gasteiger partial charge in [-0.3, -0.25) is 0 Å². The maximum Gasteiger partial charge on any atom is 0.371 e. The molecule has 16 heavy (non-hydrogen) atoms. The summed E-state index contributed by atoms with van der Waals surface area (Å²) < 4.78 is 10.4. The van der Waals surface area contributed by atoms with Crippen molar-refractivity contribution in [2.24, 2.45) is 5.92 Å². The van der Waals surface area contributed by atoms with E-state index < -0.39 is 5.97 Å². The van der Waals surface area contributed by atoms with Gasteiger partial charge in [-0.15, -0.1) is 0 Å². The minimum atomic E-state index is -1.08. The minimum Gasteiger partial charge on any atom is -0.475 e. The van der Waals surface area contributed by atoms with Crippen LogP contribution in [-0.2, 0) is 0 Å². The fourth-order valence-corrected chi connectivity index (χ4v) is 1.72. The van der Waals surface area contributed by atoms with Gasteiger partial charge in [0.2, 0.25) is 5.76 Å². The molecule has 2 rings (SSSR count). The number of carboxylic acid groups (broad SMARTS) is 1. The summed E-state index contributed by atoms with van der Waals surface area (Å²) in [7, 11) is 0. The van der Waals surface area contributed by atoms with Crippen LogP contribution >= 0.6 is 0 Å². The fraction of sp³-hybridized carbons (Fsp3) is 0.417. The Hall–Kier alpha value is -1.71. The van der Waals surface area contributed by atoms with Crippen LogP contribution in [0.4, 0.5) is 0 Å². The summed E-state index contributed by atoms with van der Waals surface area (Å²) in [5.74, 6) is -0.481. The zero-order valence-corrected chi connectivity index (χ0v) is 8.89. The van der Waals surface area contributed by atoms with E-state index in [4.69, 9.17) is 14.3 Å². The molecular weight excluding hydrogens is 208 g/mol. The van der Waals surface area contributed by atoms with Crippen molar-refractivity contribution in [3.05, 3.63) is 30.0 Å². The van der Waals surface area contributed by atoms with Crippen molar-refractivity contribution in [2.75, 3.05) is 6.61 Å². The van der Waals surface area contributed by atoms with Crippen molar-refractivity contribution in [3.63, 3.8) is 0 Å². The van der Waals surface area contributed by atoms with Crippen LogP contribution in [0.1, 0.15) is 29.8 Å². The average molecular weight is 222 g/mol. The zero-order valence-electron chi connectivity index (χ0n) is 8.89. The summed E-state index contributed by atoms with van der Waals surface area (Å²) in [6.07, 6.45) is 7.74. The summed E-state index contributed by atoms with van der Waals surface area (Å²) in [4.78, 5) is 10.6. The molecule has 0 fully saturated rings. The van der Waals surface area contributed by atoms with E-state index in [1.165, 1.54) is 18.6 Å². The molecule has 4 heteroatoms. The summed E-state index contributed by atoms with van der Waals surface area (Å²) in [5.41, 5.74) is 0. The van der Waals surface area contributed by atoms with Crippen molar-refractivity contribution in [3.8, 4) is 5.95 Å². The Morgan fingerprint density at radius 2 is 2.44 bits per heavy atom.